The number of methoxy groups -OCH3 is 2. The summed E-state index contributed by atoms with van der Waals surface area (Å²) in [5, 5.41) is 7.55. The number of carbonyl (C=O) groups excluding carboxylic acids is 2. The molecule has 0 aliphatic rings. The normalized spacial score (nSPS) is 14.7. The first-order valence-electron chi connectivity index (χ1n) is 3.02. The second-order valence-corrected chi connectivity index (χ2v) is 2.36. The highest BCUT2D eigenvalue weighted by Crippen LogP contribution is 2.06. The Balaban J connectivity index is 4.18. The molecule has 2 unspecified atom stereocenters. The summed E-state index contributed by atoms with van der Waals surface area (Å²) < 4.78 is 8.34. The van der Waals surface area contributed by atoms with Gasteiger partial charge in [0.05, 0.1) is 14.2 Å². The van der Waals surface area contributed by atoms with E-state index in [1.54, 1.807) is 0 Å². The molecule has 0 aliphatic heterocycles. The summed E-state index contributed by atoms with van der Waals surface area (Å²) in [7, 11) is 2.17. The molecule has 2 atom stereocenters. The molecule has 0 aromatic heterocycles. The monoisotopic (exact) mass is 196 g/mol. The SMILES string of the molecule is COC(=O)C(O)C(Cl)C(=O)OC. The van der Waals surface area contributed by atoms with E-state index < -0.39 is 23.4 Å². The Morgan fingerprint density at radius 2 is 1.67 bits per heavy atom. The van der Waals surface area contributed by atoms with Gasteiger partial charge in [-0.15, -0.1) is 11.6 Å². The maximum Gasteiger partial charge on any atom is 0.336 e. The van der Waals surface area contributed by atoms with Crippen molar-refractivity contribution in [3.05, 3.63) is 0 Å². The van der Waals surface area contributed by atoms with E-state index in [4.69, 9.17) is 16.7 Å². The van der Waals surface area contributed by atoms with E-state index in [1.807, 2.05) is 0 Å². The predicted molar refractivity (Wildman–Crippen MR) is 39.7 cm³/mol. The van der Waals surface area contributed by atoms with Crippen molar-refractivity contribution in [2.45, 2.75) is 11.5 Å². The first-order chi connectivity index (χ1) is 5.54. The minimum Gasteiger partial charge on any atom is -0.468 e. The first-order valence-corrected chi connectivity index (χ1v) is 3.46. The lowest BCUT2D eigenvalue weighted by atomic mass is 10.2. The van der Waals surface area contributed by atoms with Gasteiger partial charge in [-0.2, -0.15) is 0 Å². The molecule has 0 aliphatic carbocycles. The molecule has 0 heterocycles. The highest BCUT2D eigenvalue weighted by atomic mass is 35.5. The first kappa shape index (κ1) is 11.2. The molecule has 0 saturated carbocycles. The molecular formula is C6H9ClO5. The smallest absolute Gasteiger partial charge is 0.336 e. The summed E-state index contributed by atoms with van der Waals surface area (Å²) in [5.41, 5.74) is 0. The second-order valence-electron chi connectivity index (χ2n) is 1.89. The van der Waals surface area contributed by atoms with Crippen LogP contribution < -0.4 is 0 Å². The fourth-order valence-corrected chi connectivity index (χ4v) is 0.674. The maximum absolute atomic E-state index is 10.7. The van der Waals surface area contributed by atoms with Crippen LogP contribution in [0.2, 0.25) is 0 Å². The van der Waals surface area contributed by atoms with Crippen molar-refractivity contribution < 1.29 is 24.2 Å². The number of alkyl halides is 1. The average molecular weight is 197 g/mol. The van der Waals surface area contributed by atoms with Gasteiger partial charge in [-0.25, -0.2) is 4.79 Å². The van der Waals surface area contributed by atoms with Crippen LogP contribution in [0.15, 0.2) is 0 Å². The summed E-state index contributed by atoms with van der Waals surface area (Å²) in [6, 6.07) is 0. The van der Waals surface area contributed by atoms with E-state index in [9.17, 15) is 9.59 Å². The summed E-state index contributed by atoms with van der Waals surface area (Å²) in [6.07, 6.45) is -1.69. The average Bonchev–Trinajstić information content (AvgIpc) is 2.12. The highest BCUT2D eigenvalue weighted by molar-refractivity contribution is 6.31. The Labute approximate surface area is 74.2 Å². The number of carbonyl (C=O) groups is 2. The minimum atomic E-state index is -1.69. The van der Waals surface area contributed by atoms with Gasteiger partial charge >= 0.3 is 11.9 Å². The third kappa shape index (κ3) is 2.67. The summed E-state index contributed by atoms with van der Waals surface area (Å²) in [6.45, 7) is 0. The number of ether oxygens (including phenoxy) is 2. The van der Waals surface area contributed by atoms with Gasteiger partial charge in [-0.05, 0) is 0 Å². The van der Waals surface area contributed by atoms with Crippen LogP contribution in [-0.4, -0.2) is 42.7 Å². The summed E-state index contributed by atoms with van der Waals surface area (Å²) in [4.78, 5) is 21.3. The van der Waals surface area contributed by atoms with Crippen LogP contribution in [-0.2, 0) is 19.1 Å². The van der Waals surface area contributed by atoms with Crippen LogP contribution in [0.3, 0.4) is 0 Å². The van der Waals surface area contributed by atoms with E-state index in [-0.39, 0.29) is 0 Å². The van der Waals surface area contributed by atoms with Gasteiger partial charge in [-0.1, -0.05) is 0 Å². The maximum atomic E-state index is 10.7. The summed E-state index contributed by atoms with van der Waals surface area (Å²) in [5.74, 6) is -1.85. The lowest BCUT2D eigenvalue weighted by Gasteiger charge is -2.11. The van der Waals surface area contributed by atoms with Crippen LogP contribution in [0.25, 0.3) is 0 Å². The van der Waals surface area contributed by atoms with Crippen molar-refractivity contribution >= 4 is 23.5 Å². The van der Waals surface area contributed by atoms with Crippen LogP contribution in [0, 0.1) is 0 Å². The number of aliphatic hydroxyl groups is 1. The fraction of sp³-hybridized carbons (Fsp3) is 0.667. The fourth-order valence-electron chi connectivity index (χ4n) is 0.482. The zero-order valence-electron chi connectivity index (χ0n) is 6.61. The molecule has 6 heteroatoms. The molecule has 1 N–H and O–H groups in total. The molecule has 0 aromatic carbocycles. The Morgan fingerprint density at radius 1 is 1.25 bits per heavy atom. The van der Waals surface area contributed by atoms with Crippen molar-refractivity contribution in [3.63, 3.8) is 0 Å². The van der Waals surface area contributed by atoms with Crippen molar-refractivity contribution in [1.82, 2.24) is 0 Å². The van der Waals surface area contributed by atoms with E-state index in [0.717, 1.165) is 14.2 Å². The van der Waals surface area contributed by atoms with Crippen molar-refractivity contribution in [1.29, 1.82) is 0 Å². The van der Waals surface area contributed by atoms with Gasteiger partial charge in [-0.3, -0.25) is 4.79 Å². The molecule has 70 valence electrons. The molecular weight excluding hydrogens is 188 g/mol. The van der Waals surface area contributed by atoms with Crippen molar-refractivity contribution in [3.8, 4) is 0 Å². The Morgan fingerprint density at radius 3 is 2.00 bits per heavy atom. The molecule has 0 radical (unpaired) electrons. The zero-order valence-corrected chi connectivity index (χ0v) is 7.37. The van der Waals surface area contributed by atoms with Gasteiger partial charge in [0.25, 0.3) is 0 Å². The quantitative estimate of drug-likeness (QED) is 0.477. The number of hydrogen-bond donors (Lipinski definition) is 1. The van der Waals surface area contributed by atoms with Gasteiger partial charge in [0, 0.05) is 0 Å². The predicted octanol–water partition coefficient (Wildman–Crippen LogP) is -0.699. The molecule has 0 aromatic rings. The topological polar surface area (TPSA) is 72.8 Å². The van der Waals surface area contributed by atoms with Crippen molar-refractivity contribution in [2.24, 2.45) is 0 Å². The Bertz CT molecular complexity index is 161. The molecule has 0 spiro atoms. The molecule has 0 amide bonds. The third-order valence-electron chi connectivity index (χ3n) is 1.15. The number of esters is 2. The highest BCUT2D eigenvalue weighted by Gasteiger charge is 2.31. The van der Waals surface area contributed by atoms with E-state index in [2.05, 4.69) is 9.47 Å². The molecule has 0 saturated heterocycles. The number of hydrogen-bond acceptors (Lipinski definition) is 5. The molecule has 12 heavy (non-hydrogen) atoms. The number of aliphatic hydroxyl groups excluding tert-OH is 1. The molecule has 5 nitrogen and oxygen atoms in total. The zero-order chi connectivity index (χ0) is 9.72. The lowest BCUT2D eigenvalue weighted by Crippen LogP contribution is -2.37. The Hall–Kier alpha value is -0.810. The number of rotatable bonds is 3. The van der Waals surface area contributed by atoms with E-state index in [1.165, 1.54) is 0 Å². The lowest BCUT2D eigenvalue weighted by molar-refractivity contribution is -0.156. The standard InChI is InChI=1S/C6H9ClO5/c1-11-5(9)3(7)4(8)6(10)12-2/h3-4,8H,1-2H3. The van der Waals surface area contributed by atoms with Crippen LogP contribution in [0.4, 0.5) is 0 Å². The second kappa shape index (κ2) is 4.95. The molecule has 0 bridgehead atoms. The Kier molecular flexibility index (Phi) is 4.61. The van der Waals surface area contributed by atoms with Gasteiger partial charge in [0.1, 0.15) is 0 Å². The number of halogens is 1. The third-order valence-corrected chi connectivity index (χ3v) is 1.56. The van der Waals surface area contributed by atoms with Crippen molar-refractivity contribution in [2.75, 3.05) is 14.2 Å². The molecule has 0 fully saturated rings. The van der Waals surface area contributed by atoms with Gasteiger partial charge < -0.3 is 14.6 Å². The summed E-state index contributed by atoms with van der Waals surface area (Å²) >= 11 is 5.33. The van der Waals surface area contributed by atoms with Gasteiger partial charge in [0.15, 0.2) is 11.5 Å². The van der Waals surface area contributed by atoms with Crippen LogP contribution in [0.1, 0.15) is 0 Å². The largest absolute Gasteiger partial charge is 0.468 e. The molecule has 0 rings (SSSR count). The van der Waals surface area contributed by atoms with Gasteiger partial charge in [0.2, 0.25) is 0 Å². The van der Waals surface area contributed by atoms with Crippen LogP contribution >= 0.6 is 11.6 Å². The van der Waals surface area contributed by atoms with E-state index >= 15 is 0 Å². The minimum absolute atomic E-state index is 0.880. The van der Waals surface area contributed by atoms with Crippen LogP contribution in [0.5, 0.6) is 0 Å². The van der Waals surface area contributed by atoms with E-state index in [0.29, 0.717) is 0 Å².